The van der Waals surface area contributed by atoms with Crippen LogP contribution < -0.4 is 5.32 Å². The first-order valence-electron chi connectivity index (χ1n) is 8.79. The van der Waals surface area contributed by atoms with E-state index in [-0.39, 0.29) is 11.9 Å². The number of nitrogens with one attached hydrogen (secondary N) is 1. The third-order valence-electron chi connectivity index (χ3n) is 4.58. The number of benzene rings is 3. The van der Waals surface area contributed by atoms with Crippen LogP contribution in [0.5, 0.6) is 0 Å². The van der Waals surface area contributed by atoms with Crippen molar-refractivity contribution < 1.29 is 4.39 Å². The Morgan fingerprint density at radius 2 is 1.52 bits per heavy atom. The Hall–Kier alpha value is -2.75. The highest BCUT2D eigenvalue weighted by molar-refractivity contribution is 6.30. The first-order chi connectivity index (χ1) is 13.2. The largest absolute Gasteiger partial charge is 0.302 e. The molecule has 0 saturated heterocycles. The molecule has 27 heavy (non-hydrogen) atoms. The number of aromatic nitrogens is 1. The van der Waals surface area contributed by atoms with E-state index in [0.717, 1.165) is 27.6 Å². The highest BCUT2D eigenvalue weighted by atomic mass is 35.5. The number of hydrogen-bond donors (Lipinski definition) is 1. The summed E-state index contributed by atoms with van der Waals surface area (Å²) in [5, 5.41) is 5.09. The van der Waals surface area contributed by atoms with Crippen molar-refractivity contribution in [3.8, 4) is 0 Å². The van der Waals surface area contributed by atoms with Crippen LogP contribution in [0.2, 0.25) is 5.15 Å². The zero-order valence-electron chi connectivity index (χ0n) is 14.6. The Balaban J connectivity index is 1.64. The van der Waals surface area contributed by atoms with E-state index < -0.39 is 0 Å². The SMILES string of the molecule is Fc1ccc(C(NCc2cc3ccccc3nc2Cl)c2ccccc2)cc1. The van der Waals surface area contributed by atoms with Gasteiger partial charge in [0.05, 0.1) is 11.6 Å². The van der Waals surface area contributed by atoms with Crippen molar-refractivity contribution in [3.63, 3.8) is 0 Å². The van der Waals surface area contributed by atoms with Gasteiger partial charge in [0.1, 0.15) is 11.0 Å². The predicted octanol–water partition coefficient (Wildman–Crippen LogP) is 5.91. The molecule has 134 valence electrons. The van der Waals surface area contributed by atoms with Crippen molar-refractivity contribution in [2.45, 2.75) is 12.6 Å². The van der Waals surface area contributed by atoms with E-state index in [2.05, 4.69) is 28.5 Å². The van der Waals surface area contributed by atoms with Crippen LogP contribution in [0.3, 0.4) is 0 Å². The lowest BCUT2D eigenvalue weighted by molar-refractivity contribution is 0.597. The molecule has 0 radical (unpaired) electrons. The van der Waals surface area contributed by atoms with E-state index in [4.69, 9.17) is 11.6 Å². The van der Waals surface area contributed by atoms with Crippen molar-refractivity contribution in [3.05, 3.63) is 113 Å². The molecule has 0 bridgehead atoms. The molecule has 0 aliphatic heterocycles. The Morgan fingerprint density at radius 1 is 0.852 bits per heavy atom. The summed E-state index contributed by atoms with van der Waals surface area (Å²) in [7, 11) is 0. The molecule has 0 aliphatic rings. The third kappa shape index (κ3) is 4.00. The van der Waals surface area contributed by atoms with Crippen LogP contribution in [0.25, 0.3) is 10.9 Å². The quantitative estimate of drug-likeness (QED) is 0.438. The Bertz CT molecular complexity index is 1050. The van der Waals surface area contributed by atoms with Crippen molar-refractivity contribution in [1.29, 1.82) is 0 Å². The summed E-state index contributed by atoms with van der Waals surface area (Å²) in [5.74, 6) is -0.243. The van der Waals surface area contributed by atoms with E-state index in [1.54, 1.807) is 12.1 Å². The smallest absolute Gasteiger partial charge is 0.134 e. The minimum Gasteiger partial charge on any atom is -0.302 e. The number of para-hydroxylation sites is 1. The van der Waals surface area contributed by atoms with Crippen LogP contribution in [0.1, 0.15) is 22.7 Å². The van der Waals surface area contributed by atoms with Gasteiger partial charge in [-0.15, -0.1) is 0 Å². The molecule has 0 saturated carbocycles. The monoisotopic (exact) mass is 376 g/mol. The van der Waals surface area contributed by atoms with Gasteiger partial charge in [0, 0.05) is 17.5 Å². The molecule has 2 nitrogen and oxygen atoms in total. The second kappa shape index (κ2) is 7.87. The fourth-order valence-electron chi connectivity index (χ4n) is 3.20. The molecular formula is C23H18ClFN2. The molecule has 0 spiro atoms. The average Bonchev–Trinajstić information content (AvgIpc) is 2.70. The van der Waals surface area contributed by atoms with E-state index in [1.165, 1.54) is 12.1 Å². The Labute approximate surface area is 162 Å². The van der Waals surface area contributed by atoms with Crippen molar-refractivity contribution >= 4 is 22.5 Å². The fourth-order valence-corrected chi connectivity index (χ4v) is 3.41. The van der Waals surface area contributed by atoms with Gasteiger partial charge in [-0.1, -0.05) is 72.3 Å². The first kappa shape index (κ1) is 17.7. The molecule has 0 fully saturated rings. The van der Waals surface area contributed by atoms with Gasteiger partial charge >= 0.3 is 0 Å². The summed E-state index contributed by atoms with van der Waals surface area (Å²) in [6.07, 6.45) is 0. The van der Waals surface area contributed by atoms with Gasteiger partial charge < -0.3 is 5.32 Å². The van der Waals surface area contributed by atoms with Crippen LogP contribution in [0.4, 0.5) is 4.39 Å². The van der Waals surface area contributed by atoms with Crippen LogP contribution in [-0.2, 0) is 6.54 Å². The summed E-state index contributed by atoms with van der Waals surface area (Å²) in [4.78, 5) is 4.49. The lowest BCUT2D eigenvalue weighted by Crippen LogP contribution is -2.22. The van der Waals surface area contributed by atoms with Gasteiger partial charge in [-0.2, -0.15) is 0 Å². The number of pyridine rings is 1. The summed E-state index contributed by atoms with van der Waals surface area (Å²) < 4.78 is 13.4. The average molecular weight is 377 g/mol. The fraction of sp³-hybridized carbons (Fsp3) is 0.0870. The standard InChI is InChI=1S/C23H18ClFN2/c24-23-19(14-18-8-4-5-9-21(18)27-23)15-26-22(16-6-2-1-3-7-16)17-10-12-20(25)13-11-17/h1-14,22,26H,15H2. The minimum absolute atomic E-state index is 0.0747. The maximum Gasteiger partial charge on any atom is 0.134 e. The summed E-state index contributed by atoms with van der Waals surface area (Å²) in [6.45, 7) is 0.549. The number of nitrogens with zero attached hydrogens (tertiary/aromatic N) is 1. The van der Waals surface area contributed by atoms with Gasteiger partial charge in [0.15, 0.2) is 0 Å². The molecular weight excluding hydrogens is 359 g/mol. The molecule has 4 heteroatoms. The number of hydrogen-bond acceptors (Lipinski definition) is 2. The maximum atomic E-state index is 13.4. The molecule has 1 aromatic heterocycles. The lowest BCUT2D eigenvalue weighted by Gasteiger charge is -2.20. The van der Waals surface area contributed by atoms with Gasteiger partial charge in [0.25, 0.3) is 0 Å². The molecule has 1 unspecified atom stereocenters. The second-order valence-corrected chi connectivity index (χ2v) is 6.77. The normalized spacial score (nSPS) is 12.2. The zero-order valence-corrected chi connectivity index (χ0v) is 15.3. The number of halogens is 2. The third-order valence-corrected chi connectivity index (χ3v) is 4.91. The van der Waals surface area contributed by atoms with E-state index in [1.807, 2.05) is 42.5 Å². The zero-order chi connectivity index (χ0) is 18.6. The highest BCUT2D eigenvalue weighted by Gasteiger charge is 2.15. The van der Waals surface area contributed by atoms with Crippen LogP contribution in [0, 0.1) is 5.82 Å². The minimum atomic E-state index is -0.243. The molecule has 1 heterocycles. The van der Waals surface area contributed by atoms with Crippen LogP contribution in [-0.4, -0.2) is 4.98 Å². The van der Waals surface area contributed by atoms with Crippen molar-refractivity contribution in [2.24, 2.45) is 0 Å². The molecule has 4 aromatic rings. The van der Waals surface area contributed by atoms with Gasteiger partial charge in [-0.05, 0) is 35.4 Å². The molecule has 1 N–H and O–H groups in total. The Kier molecular flexibility index (Phi) is 5.14. The predicted molar refractivity (Wildman–Crippen MR) is 108 cm³/mol. The second-order valence-electron chi connectivity index (χ2n) is 6.41. The summed E-state index contributed by atoms with van der Waals surface area (Å²) >= 11 is 6.40. The summed E-state index contributed by atoms with van der Waals surface area (Å²) in [5.41, 5.74) is 3.91. The lowest BCUT2D eigenvalue weighted by atomic mass is 9.98. The molecule has 0 aliphatic carbocycles. The molecule has 3 aromatic carbocycles. The molecule has 0 amide bonds. The van der Waals surface area contributed by atoms with E-state index in [9.17, 15) is 4.39 Å². The Morgan fingerprint density at radius 3 is 2.30 bits per heavy atom. The van der Waals surface area contributed by atoms with Crippen molar-refractivity contribution in [2.75, 3.05) is 0 Å². The first-order valence-corrected chi connectivity index (χ1v) is 9.16. The van der Waals surface area contributed by atoms with Gasteiger partial charge in [-0.3, -0.25) is 0 Å². The molecule has 4 rings (SSSR count). The number of fused-ring (bicyclic) bond motifs is 1. The maximum absolute atomic E-state index is 13.4. The van der Waals surface area contributed by atoms with E-state index >= 15 is 0 Å². The highest BCUT2D eigenvalue weighted by Crippen LogP contribution is 2.25. The summed E-state index contributed by atoms with van der Waals surface area (Å²) in [6, 6.07) is 26.6. The van der Waals surface area contributed by atoms with Crippen molar-refractivity contribution in [1.82, 2.24) is 10.3 Å². The van der Waals surface area contributed by atoms with Crippen LogP contribution >= 0.6 is 11.6 Å². The van der Waals surface area contributed by atoms with E-state index in [0.29, 0.717) is 11.7 Å². The van der Waals surface area contributed by atoms with Gasteiger partial charge in [-0.25, -0.2) is 9.37 Å². The van der Waals surface area contributed by atoms with Gasteiger partial charge in [0.2, 0.25) is 0 Å². The van der Waals surface area contributed by atoms with Crippen LogP contribution in [0.15, 0.2) is 84.9 Å². The topological polar surface area (TPSA) is 24.9 Å². The number of rotatable bonds is 5. The molecule has 1 atom stereocenters.